The van der Waals surface area contributed by atoms with Crippen molar-refractivity contribution in [1.29, 1.82) is 0 Å². The molecule has 0 aliphatic carbocycles. The summed E-state index contributed by atoms with van der Waals surface area (Å²) in [5.74, 6) is -0.131. The Labute approximate surface area is 361 Å². The number of hydrogen-bond donors (Lipinski definition) is 3. The number of allylic oxidation sites excluding steroid dienone is 3. The molecule has 0 aromatic rings. The van der Waals surface area contributed by atoms with Crippen LogP contribution < -0.4 is 5.32 Å². The van der Waals surface area contributed by atoms with Gasteiger partial charge in [-0.05, 0) is 57.8 Å². The fraction of sp³-hybridized carbons (Fsp3) is 0.885. The van der Waals surface area contributed by atoms with E-state index in [-0.39, 0.29) is 18.5 Å². The van der Waals surface area contributed by atoms with Crippen molar-refractivity contribution in [3.05, 3.63) is 24.3 Å². The van der Waals surface area contributed by atoms with Gasteiger partial charge in [0.25, 0.3) is 0 Å². The van der Waals surface area contributed by atoms with Crippen LogP contribution in [0.3, 0.4) is 0 Å². The van der Waals surface area contributed by atoms with Gasteiger partial charge in [0.05, 0.1) is 25.4 Å². The molecule has 0 radical (unpaired) electrons. The molecule has 0 heterocycles. The highest BCUT2D eigenvalue weighted by Crippen LogP contribution is 2.16. The minimum Gasteiger partial charge on any atom is -0.466 e. The van der Waals surface area contributed by atoms with Crippen molar-refractivity contribution in [3.8, 4) is 0 Å². The summed E-state index contributed by atoms with van der Waals surface area (Å²) in [6, 6.07) is -0.648. The van der Waals surface area contributed by atoms with Crippen molar-refractivity contribution in [2.24, 2.45) is 0 Å². The van der Waals surface area contributed by atoms with Gasteiger partial charge >= 0.3 is 5.97 Å². The average Bonchev–Trinajstić information content (AvgIpc) is 3.22. The van der Waals surface area contributed by atoms with Crippen molar-refractivity contribution in [3.63, 3.8) is 0 Å². The number of amides is 1. The summed E-state index contributed by atoms with van der Waals surface area (Å²) in [6.07, 6.45) is 56.0. The van der Waals surface area contributed by atoms with E-state index in [4.69, 9.17) is 4.74 Å². The Kier molecular flexibility index (Phi) is 46.6. The fourth-order valence-electron chi connectivity index (χ4n) is 7.74. The summed E-state index contributed by atoms with van der Waals surface area (Å²) in [7, 11) is 0. The molecule has 0 saturated carbocycles. The van der Waals surface area contributed by atoms with Gasteiger partial charge in [-0.1, -0.05) is 224 Å². The number of carbonyl (C=O) groups excluding carboxylic acids is 2. The molecule has 6 nitrogen and oxygen atoms in total. The number of aliphatic hydroxyl groups is 2. The molecular formula is C52H99NO5. The van der Waals surface area contributed by atoms with Gasteiger partial charge in [-0.25, -0.2) is 0 Å². The number of ether oxygens (including phenoxy) is 1. The Morgan fingerprint density at radius 2 is 0.810 bits per heavy atom. The maximum atomic E-state index is 12.4. The predicted octanol–water partition coefficient (Wildman–Crippen LogP) is 15.1. The first-order chi connectivity index (χ1) is 28.5. The Hall–Kier alpha value is -1.66. The normalized spacial score (nSPS) is 12.8. The Morgan fingerprint density at radius 3 is 1.24 bits per heavy atom. The van der Waals surface area contributed by atoms with Gasteiger partial charge in [0.1, 0.15) is 0 Å². The fourth-order valence-corrected chi connectivity index (χ4v) is 7.74. The second-order valence-corrected chi connectivity index (χ2v) is 17.5. The molecule has 0 rings (SSSR count). The summed E-state index contributed by atoms with van der Waals surface area (Å²) < 4.78 is 5.44. The predicted molar refractivity (Wildman–Crippen MR) is 250 cm³/mol. The first kappa shape index (κ1) is 56.3. The van der Waals surface area contributed by atoms with E-state index in [2.05, 4.69) is 31.3 Å². The maximum Gasteiger partial charge on any atom is 0.305 e. The molecule has 2 unspecified atom stereocenters. The molecule has 0 aliphatic rings. The molecule has 58 heavy (non-hydrogen) atoms. The molecule has 0 aromatic carbocycles. The minimum absolute atomic E-state index is 0.0365. The van der Waals surface area contributed by atoms with Crippen molar-refractivity contribution < 1.29 is 24.5 Å². The number of aliphatic hydroxyl groups excluding tert-OH is 2. The molecule has 0 saturated heterocycles. The van der Waals surface area contributed by atoms with Crippen LogP contribution in [0.25, 0.3) is 0 Å². The number of hydrogen-bond acceptors (Lipinski definition) is 5. The largest absolute Gasteiger partial charge is 0.466 e. The Balaban J connectivity index is 3.54. The van der Waals surface area contributed by atoms with E-state index in [1.165, 1.54) is 186 Å². The van der Waals surface area contributed by atoms with Crippen LogP contribution in [0.4, 0.5) is 0 Å². The zero-order valence-corrected chi connectivity index (χ0v) is 38.8. The Morgan fingerprint density at radius 1 is 0.466 bits per heavy atom. The quantitative estimate of drug-likeness (QED) is 0.0323. The molecule has 0 aromatic heterocycles. The number of unbranched alkanes of at least 4 members (excludes halogenated alkanes) is 34. The molecule has 0 aliphatic heterocycles. The smallest absolute Gasteiger partial charge is 0.305 e. The number of rotatable bonds is 47. The first-order valence-electron chi connectivity index (χ1n) is 25.6. The van der Waals surface area contributed by atoms with Crippen LogP contribution >= 0.6 is 0 Å². The molecular weight excluding hydrogens is 719 g/mol. The van der Waals surface area contributed by atoms with Gasteiger partial charge in [0.2, 0.25) is 5.91 Å². The highest BCUT2D eigenvalue weighted by molar-refractivity contribution is 5.76. The molecule has 3 N–H and O–H groups in total. The lowest BCUT2D eigenvalue weighted by Crippen LogP contribution is -2.45. The zero-order valence-electron chi connectivity index (χ0n) is 38.8. The van der Waals surface area contributed by atoms with Gasteiger partial charge in [-0.2, -0.15) is 0 Å². The first-order valence-corrected chi connectivity index (χ1v) is 25.6. The van der Waals surface area contributed by atoms with Crippen LogP contribution in [0, 0.1) is 0 Å². The monoisotopic (exact) mass is 818 g/mol. The summed E-state index contributed by atoms with van der Waals surface area (Å²) in [5, 5.41) is 23.1. The summed E-state index contributed by atoms with van der Waals surface area (Å²) in [5.41, 5.74) is 0. The molecule has 342 valence electrons. The lowest BCUT2D eigenvalue weighted by Gasteiger charge is -2.20. The lowest BCUT2D eigenvalue weighted by molar-refractivity contribution is -0.143. The van der Waals surface area contributed by atoms with Crippen LogP contribution in [-0.2, 0) is 14.3 Å². The van der Waals surface area contributed by atoms with Crippen molar-refractivity contribution in [2.45, 2.75) is 283 Å². The van der Waals surface area contributed by atoms with Crippen LogP contribution in [0.15, 0.2) is 24.3 Å². The molecule has 0 spiro atoms. The standard InChI is InChI=1S/C52H99NO5/c1-3-5-7-9-11-13-15-17-18-19-20-21-22-24-25-28-32-36-40-44-50(55)49(48-54)53-51(56)45-41-37-33-29-27-31-35-39-43-47-58-52(57)46-42-38-34-30-26-23-16-14-12-10-8-6-4-2/h14,16,40,44,49-50,54-55H,3-13,15,17-39,41-43,45-48H2,1-2H3,(H,53,56)/b16-14-,44-40+. The molecule has 6 heteroatoms. The number of nitrogens with one attached hydrogen (secondary N) is 1. The van der Waals surface area contributed by atoms with E-state index >= 15 is 0 Å². The average molecular weight is 818 g/mol. The van der Waals surface area contributed by atoms with Crippen molar-refractivity contribution >= 4 is 11.9 Å². The molecule has 1 amide bonds. The van der Waals surface area contributed by atoms with Gasteiger partial charge < -0.3 is 20.3 Å². The molecule has 0 bridgehead atoms. The van der Waals surface area contributed by atoms with E-state index in [0.29, 0.717) is 19.4 Å². The second kappa shape index (κ2) is 48.0. The van der Waals surface area contributed by atoms with Gasteiger partial charge in [-0.3, -0.25) is 9.59 Å². The lowest BCUT2D eigenvalue weighted by atomic mass is 10.0. The van der Waals surface area contributed by atoms with Gasteiger partial charge in [-0.15, -0.1) is 0 Å². The topological polar surface area (TPSA) is 95.9 Å². The van der Waals surface area contributed by atoms with Gasteiger partial charge in [0.15, 0.2) is 0 Å². The third-order valence-corrected chi connectivity index (χ3v) is 11.7. The minimum atomic E-state index is -0.862. The van der Waals surface area contributed by atoms with Crippen molar-refractivity contribution in [1.82, 2.24) is 5.32 Å². The number of carbonyl (C=O) groups is 2. The van der Waals surface area contributed by atoms with Crippen LogP contribution in [-0.4, -0.2) is 47.4 Å². The van der Waals surface area contributed by atoms with E-state index in [9.17, 15) is 19.8 Å². The highest BCUT2D eigenvalue weighted by atomic mass is 16.5. The third-order valence-electron chi connectivity index (χ3n) is 11.7. The third kappa shape index (κ3) is 43.9. The van der Waals surface area contributed by atoms with E-state index < -0.39 is 12.1 Å². The second-order valence-electron chi connectivity index (χ2n) is 17.5. The number of esters is 1. The molecule has 2 atom stereocenters. The highest BCUT2D eigenvalue weighted by Gasteiger charge is 2.18. The van der Waals surface area contributed by atoms with Crippen LogP contribution in [0.1, 0.15) is 271 Å². The van der Waals surface area contributed by atoms with Crippen LogP contribution in [0.2, 0.25) is 0 Å². The van der Waals surface area contributed by atoms with Gasteiger partial charge in [0, 0.05) is 12.8 Å². The summed E-state index contributed by atoms with van der Waals surface area (Å²) in [6.45, 7) is 4.82. The Bertz CT molecular complexity index is 904. The van der Waals surface area contributed by atoms with Crippen molar-refractivity contribution in [2.75, 3.05) is 13.2 Å². The SMILES string of the molecule is CCCCCC/C=C\CCCCCCCC(=O)OCCCCCCCCCCCC(=O)NC(CO)C(O)/C=C/CCCCCCCCCCCCCCCCCCC. The van der Waals surface area contributed by atoms with E-state index in [0.717, 1.165) is 57.8 Å². The summed E-state index contributed by atoms with van der Waals surface area (Å²) in [4.78, 5) is 24.4. The zero-order chi connectivity index (χ0) is 42.3. The van der Waals surface area contributed by atoms with E-state index in [1.54, 1.807) is 6.08 Å². The maximum absolute atomic E-state index is 12.4. The van der Waals surface area contributed by atoms with E-state index in [1.807, 2.05) is 6.08 Å². The summed E-state index contributed by atoms with van der Waals surface area (Å²) >= 11 is 0. The molecule has 0 fully saturated rings. The van der Waals surface area contributed by atoms with Crippen LogP contribution in [0.5, 0.6) is 0 Å².